The van der Waals surface area contributed by atoms with Gasteiger partial charge in [0.15, 0.2) is 6.54 Å². The van der Waals surface area contributed by atoms with E-state index in [0.717, 1.165) is 16.5 Å². The zero-order valence-electron chi connectivity index (χ0n) is 25.9. The van der Waals surface area contributed by atoms with E-state index in [1.165, 1.54) is 24.3 Å². The molecule has 3 aromatic rings. The van der Waals surface area contributed by atoms with Gasteiger partial charge in [0.2, 0.25) is 5.91 Å². The molecule has 1 aliphatic heterocycles. The minimum absolute atomic E-state index is 0.104. The molecule has 2 fully saturated rings. The highest BCUT2D eigenvalue weighted by molar-refractivity contribution is 9.10. The van der Waals surface area contributed by atoms with Gasteiger partial charge in [-0.3, -0.25) is 14.4 Å². The van der Waals surface area contributed by atoms with Crippen molar-refractivity contribution in [2.24, 2.45) is 5.92 Å². The van der Waals surface area contributed by atoms with Crippen molar-refractivity contribution in [3.8, 4) is 0 Å². The average Bonchev–Trinajstić information content (AvgIpc) is 3.04. The molecule has 0 spiro atoms. The maximum Gasteiger partial charge on any atom is 0.497 e. The Labute approximate surface area is 283 Å². The molecule has 13 heteroatoms. The van der Waals surface area contributed by atoms with Crippen molar-refractivity contribution in [2.75, 3.05) is 19.6 Å². The lowest BCUT2D eigenvalue weighted by Gasteiger charge is -2.39. The van der Waals surface area contributed by atoms with Gasteiger partial charge >= 0.3 is 12.1 Å². The van der Waals surface area contributed by atoms with E-state index >= 15 is 0 Å². The molecule has 3 aromatic carbocycles. The summed E-state index contributed by atoms with van der Waals surface area (Å²) in [7, 11) is 0. The number of benzene rings is 3. The molecular weight excluding hydrogens is 701 g/mol. The number of carbonyl (C=O) groups is 3. The minimum Gasteiger partial charge on any atom is -0.348 e. The Morgan fingerprint density at radius 3 is 1.94 bits per heavy atom. The van der Waals surface area contributed by atoms with Crippen LogP contribution in [0, 0.1) is 17.6 Å². The van der Waals surface area contributed by atoms with Crippen LogP contribution in [0.4, 0.5) is 22.0 Å². The van der Waals surface area contributed by atoms with Gasteiger partial charge in [0.05, 0.1) is 6.04 Å². The number of hydrogen-bond donors (Lipinski definition) is 2. The van der Waals surface area contributed by atoms with Crippen LogP contribution < -0.4 is 10.6 Å². The molecule has 1 heterocycles. The summed E-state index contributed by atoms with van der Waals surface area (Å²) in [6.07, 6.45) is -2.23. The van der Waals surface area contributed by atoms with Gasteiger partial charge in [-0.05, 0) is 84.7 Å². The third-order valence-electron chi connectivity index (χ3n) is 9.11. The number of nitrogens with zero attached hydrogens (tertiary/aromatic N) is 1. The summed E-state index contributed by atoms with van der Waals surface area (Å²) < 4.78 is 66.9. The highest BCUT2D eigenvalue weighted by Gasteiger charge is 2.49. The molecular formula is C35H36BrF5N3O4+. The molecule has 2 N–H and O–H groups in total. The lowest BCUT2D eigenvalue weighted by atomic mass is 9.73. The standard InChI is InChI=1S/C35H35BrF5N3O4/c36-25-10-4-22(5-11-25)30-20-28(42-31(45)21-44(18-2-1-3-19-44)48-34(47)35(39,40)41)16-17-29(30)33(46)43-32(23-6-12-26(37)13-7-23)24-8-14-27(38)15-9-24/h4-15,28-30,32H,1-3,16-21H2,(H-,42,43,45,46)/p+1/t28-,29-,30+/m1/s1. The van der Waals surface area contributed by atoms with Crippen LogP contribution in [-0.4, -0.2) is 54.3 Å². The summed E-state index contributed by atoms with van der Waals surface area (Å²) in [6, 6.07) is 17.8. The van der Waals surface area contributed by atoms with Crippen LogP contribution in [0.25, 0.3) is 0 Å². The number of carbonyl (C=O) groups excluding carboxylic acids is 3. The lowest BCUT2D eigenvalue weighted by Crippen LogP contribution is -2.59. The fourth-order valence-corrected chi connectivity index (χ4v) is 7.01. The molecule has 1 aliphatic carbocycles. The molecule has 48 heavy (non-hydrogen) atoms. The predicted molar refractivity (Wildman–Crippen MR) is 170 cm³/mol. The molecule has 2 amide bonds. The number of rotatable bonds is 9. The summed E-state index contributed by atoms with van der Waals surface area (Å²) in [5.41, 5.74) is 2.08. The number of halogens is 6. The van der Waals surface area contributed by atoms with Crippen LogP contribution in [0.3, 0.4) is 0 Å². The van der Waals surface area contributed by atoms with Crippen LogP contribution in [0.5, 0.6) is 0 Å². The van der Waals surface area contributed by atoms with Crippen molar-refractivity contribution >= 4 is 33.7 Å². The smallest absolute Gasteiger partial charge is 0.348 e. The monoisotopic (exact) mass is 736 g/mol. The Morgan fingerprint density at radius 2 is 1.40 bits per heavy atom. The molecule has 1 saturated carbocycles. The van der Waals surface area contributed by atoms with Crippen LogP contribution in [-0.2, 0) is 19.2 Å². The molecule has 1 saturated heterocycles. The van der Waals surface area contributed by atoms with Gasteiger partial charge in [-0.15, -0.1) is 4.65 Å². The second-order valence-corrected chi connectivity index (χ2v) is 13.4. The molecule has 0 unspecified atom stereocenters. The van der Waals surface area contributed by atoms with E-state index in [1.807, 2.05) is 24.3 Å². The third kappa shape index (κ3) is 8.98. The number of quaternary nitrogens is 1. The molecule has 2 aliphatic rings. The highest BCUT2D eigenvalue weighted by Crippen LogP contribution is 2.39. The normalized spacial score (nSPS) is 20.9. The summed E-state index contributed by atoms with van der Waals surface area (Å²) in [5.74, 6) is -4.89. The predicted octanol–water partition coefficient (Wildman–Crippen LogP) is 7.02. The Hall–Kier alpha value is -3.84. The van der Waals surface area contributed by atoms with Crippen molar-refractivity contribution in [2.45, 2.75) is 62.7 Å². The van der Waals surface area contributed by atoms with E-state index in [2.05, 4.69) is 26.6 Å². The maximum absolute atomic E-state index is 14.1. The van der Waals surface area contributed by atoms with Gasteiger partial charge in [0.25, 0.3) is 5.91 Å². The van der Waals surface area contributed by atoms with E-state index in [1.54, 1.807) is 24.3 Å². The number of hydroxylamine groups is 3. The molecule has 256 valence electrons. The van der Waals surface area contributed by atoms with Crippen LogP contribution in [0.15, 0.2) is 77.3 Å². The van der Waals surface area contributed by atoms with E-state index < -0.39 is 58.9 Å². The first-order valence-electron chi connectivity index (χ1n) is 15.8. The molecule has 5 rings (SSSR count). The quantitative estimate of drug-likeness (QED) is 0.183. The number of hydrogen-bond acceptors (Lipinski definition) is 4. The Bertz CT molecular complexity index is 1530. The van der Waals surface area contributed by atoms with Crippen molar-refractivity contribution in [1.82, 2.24) is 10.6 Å². The third-order valence-corrected chi connectivity index (χ3v) is 9.64. The Balaban J connectivity index is 1.34. The van der Waals surface area contributed by atoms with Gasteiger partial charge in [-0.2, -0.15) is 13.2 Å². The number of likely N-dealkylation sites (tertiary alicyclic amines) is 1. The minimum atomic E-state index is -5.18. The van der Waals surface area contributed by atoms with Gasteiger partial charge in [-0.25, -0.2) is 13.6 Å². The Kier molecular flexibility index (Phi) is 11.2. The van der Waals surface area contributed by atoms with Gasteiger partial charge in [0, 0.05) is 29.3 Å². The lowest BCUT2D eigenvalue weighted by molar-refractivity contribution is -1.09. The molecule has 0 radical (unpaired) electrons. The number of nitrogens with one attached hydrogen (secondary N) is 2. The first kappa shape index (κ1) is 35.5. The first-order chi connectivity index (χ1) is 22.8. The van der Waals surface area contributed by atoms with E-state index in [-0.39, 0.29) is 24.9 Å². The number of alkyl halides is 3. The fraction of sp³-hybridized carbons (Fsp3) is 0.400. The molecule has 3 atom stereocenters. The molecule has 0 aromatic heterocycles. The van der Waals surface area contributed by atoms with Crippen molar-refractivity contribution in [3.63, 3.8) is 0 Å². The van der Waals surface area contributed by atoms with Crippen molar-refractivity contribution < 1.29 is 45.8 Å². The number of amides is 2. The SMILES string of the molecule is O=C(C[N+]1(OC(=O)C(F)(F)F)CCCCC1)N[C@@H]1CC[C@@H](C(=O)NC(c2ccc(F)cc2)c2ccc(F)cc2)[C@H](c2ccc(Br)cc2)C1. The van der Waals surface area contributed by atoms with Crippen LogP contribution >= 0.6 is 15.9 Å². The van der Waals surface area contributed by atoms with Crippen molar-refractivity contribution in [1.29, 1.82) is 0 Å². The summed E-state index contributed by atoms with van der Waals surface area (Å²) >= 11 is 3.44. The highest BCUT2D eigenvalue weighted by atomic mass is 79.9. The van der Waals surface area contributed by atoms with E-state index in [4.69, 9.17) is 4.84 Å². The second kappa shape index (κ2) is 15.1. The Morgan fingerprint density at radius 1 is 0.833 bits per heavy atom. The summed E-state index contributed by atoms with van der Waals surface area (Å²) in [5, 5.41) is 6.03. The van der Waals surface area contributed by atoms with Gasteiger partial charge in [0.1, 0.15) is 24.7 Å². The van der Waals surface area contributed by atoms with Crippen molar-refractivity contribution in [3.05, 3.63) is 106 Å². The van der Waals surface area contributed by atoms with E-state index in [9.17, 15) is 36.3 Å². The van der Waals surface area contributed by atoms with Gasteiger partial charge in [-0.1, -0.05) is 52.3 Å². The maximum atomic E-state index is 14.1. The van der Waals surface area contributed by atoms with Gasteiger partial charge < -0.3 is 10.6 Å². The van der Waals surface area contributed by atoms with Crippen LogP contribution in [0.2, 0.25) is 0 Å². The molecule has 0 bridgehead atoms. The number of piperidine rings is 1. The first-order valence-corrected chi connectivity index (χ1v) is 16.6. The fourth-order valence-electron chi connectivity index (χ4n) is 6.75. The largest absolute Gasteiger partial charge is 0.497 e. The topological polar surface area (TPSA) is 84.5 Å². The van der Waals surface area contributed by atoms with Crippen LogP contribution in [0.1, 0.15) is 67.2 Å². The zero-order valence-corrected chi connectivity index (χ0v) is 27.5. The second-order valence-electron chi connectivity index (χ2n) is 12.5. The summed E-state index contributed by atoms with van der Waals surface area (Å²) in [4.78, 5) is 44.0. The average molecular weight is 738 g/mol. The van der Waals surface area contributed by atoms with E-state index in [0.29, 0.717) is 43.2 Å². The molecule has 7 nitrogen and oxygen atoms in total. The summed E-state index contributed by atoms with van der Waals surface area (Å²) in [6.45, 7) is -0.234. The zero-order chi connectivity index (χ0) is 34.5.